The quantitative estimate of drug-likeness (QED) is 0.487. The summed E-state index contributed by atoms with van der Waals surface area (Å²) in [4.78, 5) is 45.4. The topological polar surface area (TPSA) is 125 Å². The first-order valence-corrected chi connectivity index (χ1v) is 13.4. The van der Waals surface area contributed by atoms with Crippen molar-refractivity contribution in [1.29, 1.82) is 0 Å². The van der Waals surface area contributed by atoms with Crippen molar-refractivity contribution in [2.24, 2.45) is 5.92 Å². The fourth-order valence-corrected chi connectivity index (χ4v) is 6.11. The number of aliphatic carboxylic acids is 1. The molecule has 6 rings (SSSR count). The van der Waals surface area contributed by atoms with Crippen molar-refractivity contribution in [2.45, 2.75) is 17.9 Å². The number of carbonyl (C=O) groups excluding carboxylic acids is 1. The molecule has 1 aromatic heterocycles. The number of carboxylic acids is 1. The lowest BCUT2D eigenvalue weighted by atomic mass is 9.84. The van der Waals surface area contributed by atoms with Crippen LogP contribution < -0.4 is 10.5 Å². The van der Waals surface area contributed by atoms with Crippen molar-refractivity contribution in [2.75, 3.05) is 44.3 Å². The first kappa shape index (κ1) is 25.8. The second-order valence-electron chi connectivity index (χ2n) is 10.4. The summed E-state index contributed by atoms with van der Waals surface area (Å²) in [5, 5.41) is 19.1. The van der Waals surface area contributed by atoms with E-state index in [9.17, 15) is 24.6 Å². The van der Waals surface area contributed by atoms with Crippen LogP contribution in [-0.2, 0) is 9.53 Å². The molecule has 1 saturated heterocycles. The predicted molar refractivity (Wildman–Crippen MR) is 149 cm³/mol. The van der Waals surface area contributed by atoms with Gasteiger partial charge in [-0.1, -0.05) is 48.6 Å². The van der Waals surface area contributed by atoms with E-state index in [1.165, 1.54) is 11.1 Å². The van der Waals surface area contributed by atoms with Crippen LogP contribution in [0.1, 0.15) is 29.0 Å². The predicted octanol–water partition coefficient (Wildman–Crippen LogP) is 2.90. The highest BCUT2D eigenvalue weighted by Gasteiger charge is 2.39. The summed E-state index contributed by atoms with van der Waals surface area (Å²) in [6.07, 6.45) is 9.40. The lowest BCUT2D eigenvalue weighted by molar-refractivity contribution is -0.142. The average Bonchev–Trinajstić information content (AvgIpc) is 3.31. The van der Waals surface area contributed by atoms with E-state index in [0.717, 1.165) is 16.6 Å². The highest BCUT2D eigenvalue weighted by molar-refractivity contribution is 5.82. The Morgan fingerprint density at radius 3 is 2.52 bits per heavy atom. The van der Waals surface area contributed by atoms with Crippen LogP contribution in [0.15, 0.2) is 77.9 Å². The maximum Gasteiger partial charge on any atom is 0.409 e. The fourth-order valence-electron chi connectivity index (χ4n) is 6.11. The maximum absolute atomic E-state index is 13.0. The summed E-state index contributed by atoms with van der Waals surface area (Å²) in [6, 6.07) is 12.2. The molecule has 0 bridgehead atoms. The third kappa shape index (κ3) is 4.54. The molecule has 0 saturated carbocycles. The molecule has 1 aliphatic heterocycles. The Morgan fingerprint density at radius 2 is 1.77 bits per heavy atom. The molecule has 2 aliphatic carbocycles. The molecule has 3 aliphatic rings. The Morgan fingerprint density at radius 1 is 1.02 bits per heavy atom. The lowest BCUT2D eigenvalue weighted by Gasteiger charge is -2.36. The van der Waals surface area contributed by atoms with Gasteiger partial charge in [0.1, 0.15) is 6.61 Å². The van der Waals surface area contributed by atoms with Gasteiger partial charge in [0.25, 0.3) is 5.56 Å². The number of aromatic nitrogens is 2. The van der Waals surface area contributed by atoms with Gasteiger partial charge in [-0.05, 0) is 35.2 Å². The van der Waals surface area contributed by atoms with Crippen LogP contribution in [0.5, 0.6) is 0 Å². The van der Waals surface area contributed by atoms with E-state index in [1.54, 1.807) is 17.0 Å². The smallest absolute Gasteiger partial charge is 0.409 e. The molecule has 2 N–H and O–H groups in total. The van der Waals surface area contributed by atoms with Crippen molar-refractivity contribution >= 4 is 28.7 Å². The van der Waals surface area contributed by atoms with Gasteiger partial charge >= 0.3 is 12.1 Å². The Kier molecular flexibility index (Phi) is 6.85. The van der Waals surface area contributed by atoms with Gasteiger partial charge in [-0.3, -0.25) is 9.36 Å². The van der Waals surface area contributed by atoms with Gasteiger partial charge in [-0.25, -0.2) is 14.6 Å². The molecular weight excluding hydrogens is 512 g/mol. The van der Waals surface area contributed by atoms with E-state index in [2.05, 4.69) is 52.4 Å². The van der Waals surface area contributed by atoms with Crippen molar-refractivity contribution in [3.63, 3.8) is 0 Å². The van der Waals surface area contributed by atoms with Crippen LogP contribution in [0.25, 0.3) is 10.9 Å². The van der Waals surface area contributed by atoms with E-state index in [4.69, 9.17) is 4.74 Å². The Balaban J connectivity index is 1.11. The van der Waals surface area contributed by atoms with E-state index >= 15 is 0 Å². The summed E-state index contributed by atoms with van der Waals surface area (Å²) in [7, 11) is 0. The van der Waals surface area contributed by atoms with Crippen LogP contribution in [0.4, 0.5) is 10.5 Å². The second-order valence-corrected chi connectivity index (χ2v) is 10.4. The van der Waals surface area contributed by atoms with Gasteiger partial charge in [0.15, 0.2) is 6.04 Å². The number of anilines is 1. The Bertz CT molecular complexity index is 1570. The number of benzene rings is 2. The molecule has 0 spiro atoms. The van der Waals surface area contributed by atoms with Gasteiger partial charge in [-0.15, -0.1) is 0 Å². The van der Waals surface area contributed by atoms with Crippen molar-refractivity contribution in [3.05, 3.63) is 94.6 Å². The Labute approximate surface area is 230 Å². The zero-order chi connectivity index (χ0) is 27.8. The summed E-state index contributed by atoms with van der Waals surface area (Å²) < 4.78 is 6.78. The minimum absolute atomic E-state index is 0.120. The molecule has 1 fully saturated rings. The molecule has 0 radical (unpaired) electrons. The standard InChI is InChI=1S/C30H30N4O6/c35-16-27(29(37)38)34-18-31-26-10-9-19(15-24(26)28(34)36)32-11-13-33(14-12-32)30(39)40-17-25-22-7-3-1-5-20(22)21-6-2-4-8-23(21)25/h1-10,15,18,20,22,25,27,35H,11-14,16-17H2,(H,37,38). The molecule has 3 aromatic rings. The van der Waals surface area contributed by atoms with Gasteiger partial charge in [0.05, 0.1) is 23.8 Å². The molecule has 2 heterocycles. The first-order valence-electron chi connectivity index (χ1n) is 13.4. The first-order chi connectivity index (χ1) is 19.5. The van der Waals surface area contributed by atoms with Gasteiger partial charge < -0.3 is 24.7 Å². The SMILES string of the molecule is O=C(O)C(CO)n1cnc2ccc(N3CCN(C(=O)OCC4c5ccccc5C5C=CC=CC54)CC3)cc2c1=O. The lowest BCUT2D eigenvalue weighted by Crippen LogP contribution is -2.49. The third-order valence-corrected chi connectivity index (χ3v) is 8.25. The number of aliphatic hydroxyl groups is 1. The van der Waals surface area contributed by atoms with Crippen molar-refractivity contribution < 1.29 is 24.5 Å². The molecule has 2 aromatic carbocycles. The summed E-state index contributed by atoms with van der Waals surface area (Å²) in [6.45, 7) is 1.64. The minimum Gasteiger partial charge on any atom is -0.480 e. The van der Waals surface area contributed by atoms with Gasteiger partial charge in [0, 0.05) is 43.7 Å². The highest BCUT2D eigenvalue weighted by atomic mass is 16.6. The number of allylic oxidation sites excluding steroid dienone is 4. The molecule has 4 unspecified atom stereocenters. The average molecular weight is 543 g/mol. The monoisotopic (exact) mass is 542 g/mol. The molecule has 40 heavy (non-hydrogen) atoms. The molecule has 1 amide bonds. The zero-order valence-corrected chi connectivity index (χ0v) is 21.8. The number of piperazine rings is 1. The number of hydrogen-bond donors (Lipinski definition) is 2. The number of carbonyl (C=O) groups is 2. The van der Waals surface area contributed by atoms with Crippen LogP contribution in [-0.4, -0.2) is 76.1 Å². The van der Waals surface area contributed by atoms with E-state index in [1.807, 2.05) is 12.1 Å². The molecular formula is C30H30N4O6. The van der Waals surface area contributed by atoms with Crippen LogP contribution in [0, 0.1) is 5.92 Å². The number of amides is 1. The van der Waals surface area contributed by atoms with Crippen molar-refractivity contribution in [1.82, 2.24) is 14.5 Å². The molecule has 10 heteroatoms. The normalized spacial score (nSPS) is 22.2. The summed E-state index contributed by atoms with van der Waals surface area (Å²) in [5.74, 6) is -0.598. The number of hydrogen-bond acceptors (Lipinski definition) is 7. The van der Waals surface area contributed by atoms with Gasteiger partial charge in [-0.2, -0.15) is 0 Å². The summed E-state index contributed by atoms with van der Waals surface area (Å²) >= 11 is 0. The summed E-state index contributed by atoms with van der Waals surface area (Å²) in [5.41, 5.74) is 3.22. The number of nitrogens with zero attached hydrogens (tertiary/aromatic N) is 4. The zero-order valence-electron chi connectivity index (χ0n) is 21.8. The van der Waals surface area contributed by atoms with E-state index < -0.39 is 24.2 Å². The van der Waals surface area contributed by atoms with E-state index in [-0.39, 0.29) is 23.3 Å². The fraction of sp³-hybridized carbons (Fsp3) is 0.333. The second kappa shape index (κ2) is 10.6. The number of ether oxygens (including phenoxy) is 1. The number of fused-ring (bicyclic) bond motifs is 4. The Hall–Kier alpha value is -4.44. The van der Waals surface area contributed by atoms with E-state index in [0.29, 0.717) is 44.2 Å². The third-order valence-electron chi connectivity index (χ3n) is 8.25. The van der Waals surface area contributed by atoms with Gasteiger partial charge in [0.2, 0.25) is 0 Å². The molecule has 206 valence electrons. The largest absolute Gasteiger partial charge is 0.480 e. The van der Waals surface area contributed by atoms with Crippen LogP contribution >= 0.6 is 0 Å². The number of carboxylic acid groups (broad SMARTS) is 1. The van der Waals surface area contributed by atoms with Crippen LogP contribution in [0.3, 0.4) is 0 Å². The molecule has 10 nitrogen and oxygen atoms in total. The molecule has 4 atom stereocenters. The van der Waals surface area contributed by atoms with Crippen LogP contribution in [0.2, 0.25) is 0 Å². The number of aliphatic hydroxyl groups excluding tert-OH is 1. The highest BCUT2D eigenvalue weighted by Crippen LogP contribution is 2.49. The number of rotatable bonds is 6. The minimum atomic E-state index is -1.41. The van der Waals surface area contributed by atoms with Crippen molar-refractivity contribution in [3.8, 4) is 0 Å². The maximum atomic E-state index is 13.0.